The summed E-state index contributed by atoms with van der Waals surface area (Å²) in [6, 6.07) is 10.2. The largest absolute Gasteiger partial charge is 0.393 e. The second-order valence-corrected chi connectivity index (χ2v) is 17.1. The fourth-order valence-electron chi connectivity index (χ4n) is 8.14. The van der Waals surface area contributed by atoms with E-state index < -0.39 is 27.1 Å². The average molecular weight is 642 g/mol. The molecule has 0 unspecified atom stereocenters. The van der Waals surface area contributed by atoms with Gasteiger partial charge in [0.1, 0.15) is 0 Å². The molecule has 2 saturated carbocycles. The summed E-state index contributed by atoms with van der Waals surface area (Å²) in [6.45, 7) is 4.60. The summed E-state index contributed by atoms with van der Waals surface area (Å²) < 4.78 is 27.7. The maximum atomic E-state index is 14.2. The molecule has 0 aliphatic heterocycles. The van der Waals surface area contributed by atoms with E-state index in [1.165, 1.54) is 22.6 Å². The van der Waals surface area contributed by atoms with Crippen LogP contribution in [-0.4, -0.2) is 59.8 Å². The molecule has 2 aromatic rings. The first-order valence-corrected chi connectivity index (χ1v) is 19.3. The fourth-order valence-corrected chi connectivity index (χ4v) is 9.71. The van der Waals surface area contributed by atoms with Crippen LogP contribution >= 0.6 is 11.3 Å². The summed E-state index contributed by atoms with van der Waals surface area (Å²) in [4.78, 5) is 15.3. The molecule has 4 atom stereocenters. The summed E-state index contributed by atoms with van der Waals surface area (Å²) in [7, 11) is -3.57. The van der Waals surface area contributed by atoms with Gasteiger partial charge in [0.2, 0.25) is 10.0 Å². The molecule has 0 radical (unpaired) electrons. The van der Waals surface area contributed by atoms with Gasteiger partial charge in [-0.05, 0) is 106 Å². The van der Waals surface area contributed by atoms with Gasteiger partial charge in [-0.3, -0.25) is 4.79 Å². The van der Waals surface area contributed by atoms with E-state index in [1.807, 2.05) is 23.6 Å². The topological polar surface area (TPSA) is 94.9 Å². The van der Waals surface area contributed by atoms with Crippen LogP contribution in [0.5, 0.6) is 0 Å². The number of thiophene rings is 1. The highest BCUT2D eigenvalue weighted by atomic mass is 32.2. The molecule has 0 saturated heterocycles. The Labute approximate surface area is 268 Å². The number of benzene rings is 1. The smallest absolute Gasteiger partial charge is 0.211 e. The molecule has 8 heteroatoms. The van der Waals surface area contributed by atoms with E-state index in [4.69, 9.17) is 0 Å². The van der Waals surface area contributed by atoms with Gasteiger partial charge in [-0.1, -0.05) is 56.0 Å². The lowest BCUT2D eigenvalue weighted by molar-refractivity contribution is -0.0722. The van der Waals surface area contributed by atoms with Gasteiger partial charge in [0, 0.05) is 34.9 Å². The Hall–Kier alpha value is -1.84. The summed E-state index contributed by atoms with van der Waals surface area (Å²) >= 11 is 1.62. The van der Waals surface area contributed by atoms with E-state index in [2.05, 4.69) is 32.1 Å². The first kappa shape index (κ1) is 33.5. The maximum absolute atomic E-state index is 14.2. The van der Waals surface area contributed by atoms with E-state index in [1.54, 1.807) is 11.3 Å². The van der Waals surface area contributed by atoms with Crippen LogP contribution in [0, 0.1) is 11.3 Å². The molecule has 4 aliphatic rings. The number of Topliss-reactive ketones (excluding diaryl/α,β-unsaturated/α-hetero) is 1. The van der Waals surface area contributed by atoms with Crippen molar-refractivity contribution >= 4 is 27.1 Å². The number of hydrogen-bond donors (Lipinski definition) is 2. The standard InChI is InChI=1S/C36H51NO5S2/c1-26-9-7-19-35(2)33(17-20-36(35,40)25-37(44(3,41)42)21-18-30-12-8-22-43-30)31-16-14-27(23-29(38)15-13-26)24-32(31)34(39)28-10-5-4-6-11-28/h8-9,12,14,16,22,24,28-29,33,38,40H,4-7,10-11,13,15,17-21,23,25H2,1-3H3/t29-,33-,35-,36+/m0/s1. The quantitative estimate of drug-likeness (QED) is 0.238. The first-order valence-electron chi connectivity index (χ1n) is 16.6. The van der Waals surface area contributed by atoms with E-state index in [9.17, 15) is 23.4 Å². The van der Waals surface area contributed by atoms with Crippen LogP contribution < -0.4 is 0 Å². The minimum atomic E-state index is -3.57. The van der Waals surface area contributed by atoms with Gasteiger partial charge in [0.25, 0.3) is 0 Å². The predicted molar refractivity (Wildman–Crippen MR) is 179 cm³/mol. The van der Waals surface area contributed by atoms with Gasteiger partial charge in [0.05, 0.1) is 18.0 Å². The van der Waals surface area contributed by atoms with Crippen molar-refractivity contribution in [2.75, 3.05) is 19.3 Å². The fraction of sp³-hybridized carbons (Fsp3) is 0.639. The van der Waals surface area contributed by atoms with Crippen LogP contribution in [-0.2, 0) is 22.9 Å². The number of sulfonamides is 1. The van der Waals surface area contributed by atoms with Crippen molar-refractivity contribution in [3.05, 3.63) is 68.9 Å². The van der Waals surface area contributed by atoms with Gasteiger partial charge >= 0.3 is 0 Å². The van der Waals surface area contributed by atoms with E-state index in [0.29, 0.717) is 45.1 Å². The number of ketones is 1. The first-order chi connectivity index (χ1) is 20.9. The molecule has 44 heavy (non-hydrogen) atoms. The van der Waals surface area contributed by atoms with Crippen LogP contribution in [0.3, 0.4) is 0 Å². The molecule has 1 aromatic heterocycles. The van der Waals surface area contributed by atoms with Crippen LogP contribution in [0.4, 0.5) is 0 Å². The second-order valence-electron chi connectivity index (χ2n) is 14.1. The van der Waals surface area contributed by atoms with Crippen molar-refractivity contribution in [3.8, 4) is 0 Å². The molecule has 1 heterocycles. The third-order valence-electron chi connectivity index (χ3n) is 11.0. The van der Waals surface area contributed by atoms with Gasteiger partial charge in [-0.25, -0.2) is 8.42 Å². The summed E-state index contributed by atoms with van der Waals surface area (Å²) in [6.07, 6.45) is 13.3. The summed E-state index contributed by atoms with van der Waals surface area (Å²) in [5.41, 5.74) is 2.03. The van der Waals surface area contributed by atoms with Crippen LogP contribution in [0.2, 0.25) is 0 Å². The zero-order valence-corrected chi connectivity index (χ0v) is 28.4. The molecule has 2 N–H and O–H groups in total. The number of rotatable bonds is 8. The molecular weight excluding hydrogens is 591 g/mol. The Kier molecular flexibility index (Phi) is 10.6. The van der Waals surface area contributed by atoms with Crippen molar-refractivity contribution in [3.63, 3.8) is 0 Å². The minimum Gasteiger partial charge on any atom is -0.393 e. The van der Waals surface area contributed by atoms with Crippen LogP contribution in [0.1, 0.15) is 117 Å². The highest BCUT2D eigenvalue weighted by Crippen LogP contribution is 2.59. The number of carbonyl (C=O) groups excluding carboxylic acids is 1. The average Bonchev–Trinajstić information content (AvgIpc) is 3.60. The summed E-state index contributed by atoms with van der Waals surface area (Å²) in [5, 5.41) is 25.5. The van der Waals surface area contributed by atoms with Gasteiger partial charge in [-0.2, -0.15) is 4.31 Å². The molecule has 0 amide bonds. The molecule has 6 rings (SSSR count). The number of carbonyl (C=O) groups is 1. The Morgan fingerprint density at radius 2 is 1.86 bits per heavy atom. The highest BCUT2D eigenvalue weighted by molar-refractivity contribution is 7.88. The number of aliphatic hydroxyl groups excluding tert-OH is 1. The normalized spacial score (nSPS) is 28.9. The minimum absolute atomic E-state index is 0.0108. The molecular formula is C36H51NO5S2. The van der Waals surface area contributed by atoms with E-state index >= 15 is 0 Å². The predicted octanol–water partition coefficient (Wildman–Crippen LogP) is 7.05. The molecule has 0 spiro atoms. The number of aliphatic hydroxyl groups is 2. The van der Waals surface area contributed by atoms with Crippen LogP contribution in [0.15, 0.2) is 47.4 Å². The number of fused-ring (bicyclic) bond motifs is 8. The monoisotopic (exact) mass is 641 g/mol. The van der Waals surface area contributed by atoms with Gasteiger partial charge < -0.3 is 10.2 Å². The van der Waals surface area contributed by atoms with Crippen molar-refractivity contribution in [1.82, 2.24) is 4.31 Å². The van der Waals surface area contributed by atoms with Crippen molar-refractivity contribution < 1.29 is 23.4 Å². The number of allylic oxidation sites excluding steroid dienone is 2. The lowest BCUT2D eigenvalue weighted by Gasteiger charge is -2.46. The van der Waals surface area contributed by atoms with Gasteiger partial charge in [-0.15, -0.1) is 11.3 Å². The molecule has 2 bridgehead atoms. The zero-order chi connectivity index (χ0) is 31.5. The van der Waals surface area contributed by atoms with Crippen molar-refractivity contribution in [1.29, 1.82) is 0 Å². The third-order valence-corrected chi connectivity index (χ3v) is 13.2. The Morgan fingerprint density at radius 1 is 1.09 bits per heavy atom. The van der Waals surface area contributed by atoms with Gasteiger partial charge in [0.15, 0.2) is 5.78 Å². The molecule has 1 aromatic carbocycles. The lowest BCUT2D eigenvalue weighted by Crippen LogP contribution is -2.54. The van der Waals surface area contributed by atoms with E-state index in [-0.39, 0.29) is 24.2 Å². The van der Waals surface area contributed by atoms with Crippen molar-refractivity contribution in [2.24, 2.45) is 11.3 Å². The maximum Gasteiger partial charge on any atom is 0.211 e. The Bertz CT molecular complexity index is 1430. The zero-order valence-electron chi connectivity index (χ0n) is 26.8. The summed E-state index contributed by atoms with van der Waals surface area (Å²) in [5.74, 6) is 0.117. The molecule has 6 nitrogen and oxygen atoms in total. The van der Waals surface area contributed by atoms with E-state index in [0.717, 1.165) is 60.1 Å². The molecule has 4 aliphatic carbocycles. The van der Waals surface area contributed by atoms with Crippen molar-refractivity contribution in [2.45, 2.75) is 115 Å². The molecule has 2 fully saturated rings. The Morgan fingerprint density at radius 3 is 2.57 bits per heavy atom. The SMILES string of the molecule is CC1=CCC[C@@]2(C)[C@@H](CC[C@@]2(O)CN(CCc2cccs2)S(C)(=O)=O)c2ccc(cc2C(=O)C2CCCCC2)C[C@@H](O)CC1. The van der Waals surface area contributed by atoms with Crippen LogP contribution in [0.25, 0.3) is 0 Å². The number of hydrogen-bond acceptors (Lipinski definition) is 6. The second kappa shape index (κ2) is 13.9. The number of nitrogens with zero attached hydrogens (tertiary/aromatic N) is 1. The third kappa shape index (κ3) is 7.41. The molecule has 242 valence electrons. The Balaban J connectivity index is 1.55. The highest BCUT2D eigenvalue weighted by Gasteiger charge is 2.58. The lowest BCUT2D eigenvalue weighted by atomic mass is 9.64.